The lowest BCUT2D eigenvalue weighted by molar-refractivity contribution is 0.725. The molecule has 0 saturated carbocycles. The summed E-state index contributed by atoms with van der Waals surface area (Å²) in [6.07, 6.45) is 0. The fourth-order valence-corrected chi connectivity index (χ4v) is 10.8. The molecule has 0 atom stereocenters. The summed E-state index contributed by atoms with van der Waals surface area (Å²) in [7, 11) is 0. The van der Waals surface area contributed by atoms with Gasteiger partial charge in [0.05, 0.1) is 16.8 Å². The maximum atomic E-state index is 5.39. The Morgan fingerprint density at radius 3 is 1.62 bits per heavy atom. The highest BCUT2D eigenvalue weighted by molar-refractivity contribution is 7.99. The molecular weight excluding hydrogens is 721 g/mol. The summed E-state index contributed by atoms with van der Waals surface area (Å²) in [6.45, 7) is 0. The molecule has 0 fully saturated rings. The molecule has 58 heavy (non-hydrogen) atoms. The van der Waals surface area contributed by atoms with E-state index in [1.807, 2.05) is 17.8 Å². The lowest BCUT2D eigenvalue weighted by Crippen LogP contribution is -2.32. The standard InChI is InChI=1S/C55H34N2S/c1-2-14-38(15-3-1)54-56-50(37-28-25-36(26-29-37)42-30-27-35-13-4-5-16-39(35)31-42)34-51(57-54)45-21-12-24-48-53(45)58-52-33-41-18-7-6-17-40(41)32-49(52)55(48)46-22-10-8-19-43(46)44-20-9-11-23-47(44)55/h1-34H. The number of hydrogen-bond donors (Lipinski definition) is 0. The molecule has 1 aliphatic heterocycles. The third kappa shape index (κ3) is 5.00. The number of nitrogens with zero attached hydrogens (tertiary/aromatic N) is 2. The maximum Gasteiger partial charge on any atom is 0.160 e. The van der Waals surface area contributed by atoms with E-state index in [0.717, 1.165) is 28.1 Å². The Hall–Kier alpha value is -7.07. The Kier molecular flexibility index (Phi) is 7.41. The molecule has 1 aromatic heterocycles. The number of hydrogen-bond acceptors (Lipinski definition) is 3. The van der Waals surface area contributed by atoms with Crippen LogP contribution in [0.1, 0.15) is 22.3 Å². The highest BCUT2D eigenvalue weighted by Crippen LogP contribution is 2.63. The maximum absolute atomic E-state index is 5.39. The van der Waals surface area contributed by atoms with Gasteiger partial charge in [-0.15, -0.1) is 0 Å². The van der Waals surface area contributed by atoms with Crippen molar-refractivity contribution in [2.24, 2.45) is 0 Å². The molecule has 10 aromatic rings. The average molecular weight is 755 g/mol. The highest BCUT2D eigenvalue weighted by Gasteiger charge is 2.50. The molecule has 270 valence electrons. The van der Waals surface area contributed by atoms with Crippen LogP contribution in [-0.4, -0.2) is 9.97 Å². The molecule has 3 heteroatoms. The van der Waals surface area contributed by atoms with Crippen LogP contribution in [0.2, 0.25) is 0 Å². The molecule has 9 aromatic carbocycles. The first-order chi connectivity index (χ1) is 28.7. The normalized spacial score (nSPS) is 13.2. The summed E-state index contributed by atoms with van der Waals surface area (Å²) >= 11 is 1.87. The first-order valence-corrected chi connectivity index (χ1v) is 20.6. The molecule has 0 amide bonds. The lowest BCUT2D eigenvalue weighted by Gasteiger charge is -2.40. The van der Waals surface area contributed by atoms with Crippen LogP contribution in [0, 0.1) is 0 Å². The van der Waals surface area contributed by atoms with Gasteiger partial charge in [0.2, 0.25) is 0 Å². The first kappa shape index (κ1) is 33.1. The van der Waals surface area contributed by atoms with Gasteiger partial charge in [-0.3, -0.25) is 0 Å². The molecule has 2 heterocycles. The molecule has 2 aliphatic rings. The van der Waals surface area contributed by atoms with E-state index in [1.165, 1.54) is 75.8 Å². The van der Waals surface area contributed by atoms with Crippen molar-refractivity contribution < 1.29 is 0 Å². The zero-order chi connectivity index (χ0) is 38.2. The molecule has 0 saturated heterocycles. The molecular formula is C55H34N2S. The minimum absolute atomic E-state index is 0.500. The molecule has 12 rings (SSSR count). The molecule has 0 bridgehead atoms. The Labute approximate surface area is 341 Å². The predicted octanol–water partition coefficient (Wildman–Crippen LogP) is 14.3. The molecule has 2 nitrogen and oxygen atoms in total. The lowest BCUT2D eigenvalue weighted by atomic mass is 9.66. The number of benzene rings is 9. The highest BCUT2D eigenvalue weighted by atomic mass is 32.2. The molecule has 0 radical (unpaired) electrons. The van der Waals surface area contributed by atoms with Gasteiger partial charge < -0.3 is 0 Å². The van der Waals surface area contributed by atoms with Gasteiger partial charge in [0.25, 0.3) is 0 Å². The van der Waals surface area contributed by atoms with Gasteiger partial charge in [-0.05, 0) is 90.3 Å². The van der Waals surface area contributed by atoms with Crippen LogP contribution in [0.15, 0.2) is 216 Å². The smallest absolute Gasteiger partial charge is 0.160 e. The van der Waals surface area contributed by atoms with Gasteiger partial charge in [0, 0.05) is 26.5 Å². The number of rotatable bonds is 4. The van der Waals surface area contributed by atoms with Gasteiger partial charge in [-0.2, -0.15) is 0 Å². The summed E-state index contributed by atoms with van der Waals surface area (Å²) in [5.41, 5.74) is 14.7. The van der Waals surface area contributed by atoms with Crippen molar-refractivity contribution >= 4 is 33.3 Å². The van der Waals surface area contributed by atoms with E-state index in [9.17, 15) is 0 Å². The fourth-order valence-electron chi connectivity index (χ4n) is 9.46. The van der Waals surface area contributed by atoms with E-state index in [4.69, 9.17) is 9.97 Å². The van der Waals surface area contributed by atoms with Crippen LogP contribution < -0.4 is 0 Å². The van der Waals surface area contributed by atoms with E-state index in [1.54, 1.807) is 0 Å². The topological polar surface area (TPSA) is 25.8 Å². The summed E-state index contributed by atoms with van der Waals surface area (Å²) in [5, 5.41) is 4.98. The van der Waals surface area contributed by atoms with Crippen molar-refractivity contribution in [3.63, 3.8) is 0 Å². The van der Waals surface area contributed by atoms with Crippen molar-refractivity contribution in [1.29, 1.82) is 0 Å². The van der Waals surface area contributed by atoms with Crippen LogP contribution in [0.5, 0.6) is 0 Å². The summed E-state index contributed by atoms with van der Waals surface area (Å²) < 4.78 is 0. The van der Waals surface area contributed by atoms with Crippen LogP contribution in [0.25, 0.3) is 77.7 Å². The van der Waals surface area contributed by atoms with Crippen molar-refractivity contribution in [3.05, 3.63) is 229 Å². The third-order valence-corrected chi connectivity index (χ3v) is 13.3. The van der Waals surface area contributed by atoms with Gasteiger partial charge >= 0.3 is 0 Å². The summed E-state index contributed by atoms with van der Waals surface area (Å²) in [4.78, 5) is 13.1. The Bertz CT molecular complexity index is 3210. The van der Waals surface area contributed by atoms with E-state index in [0.29, 0.717) is 5.82 Å². The van der Waals surface area contributed by atoms with Crippen LogP contribution in [-0.2, 0) is 5.41 Å². The Balaban J connectivity index is 1.07. The second-order valence-corrected chi connectivity index (χ2v) is 16.3. The van der Waals surface area contributed by atoms with Crippen molar-refractivity contribution in [3.8, 4) is 56.2 Å². The van der Waals surface area contributed by atoms with Crippen molar-refractivity contribution in [1.82, 2.24) is 9.97 Å². The zero-order valence-corrected chi connectivity index (χ0v) is 32.2. The quantitative estimate of drug-likeness (QED) is 0.179. The average Bonchev–Trinajstić information content (AvgIpc) is 3.59. The number of fused-ring (bicyclic) bond motifs is 11. The third-order valence-electron chi connectivity index (χ3n) is 12.1. The van der Waals surface area contributed by atoms with E-state index < -0.39 is 5.41 Å². The van der Waals surface area contributed by atoms with E-state index >= 15 is 0 Å². The molecule has 1 aliphatic carbocycles. The predicted molar refractivity (Wildman–Crippen MR) is 240 cm³/mol. The Morgan fingerprint density at radius 2 is 0.879 bits per heavy atom. The number of aromatic nitrogens is 2. The van der Waals surface area contributed by atoms with Crippen LogP contribution in [0.4, 0.5) is 0 Å². The van der Waals surface area contributed by atoms with Crippen LogP contribution >= 0.6 is 11.8 Å². The van der Waals surface area contributed by atoms with E-state index in [-0.39, 0.29) is 0 Å². The van der Waals surface area contributed by atoms with Crippen molar-refractivity contribution in [2.45, 2.75) is 15.2 Å². The van der Waals surface area contributed by atoms with Gasteiger partial charge in [0.1, 0.15) is 0 Å². The molecule has 0 unspecified atom stereocenters. The van der Waals surface area contributed by atoms with Gasteiger partial charge in [0.15, 0.2) is 5.82 Å². The zero-order valence-electron chi connectivity index (χ0n) is 31.4. The molecule has 1 spiro atoms. The first-order valence-electron chi connectivity index (χ1n) is 19.8. The van der Waals surface area contributed by atoms with Crippen molar-refractivity contribution in [2.75, 3.05) is 0 Å². The summed E-state index contributed by atoms with van der Waals surface area (Å²) in [5.74, 6) is 0.711. The minimum atomic E-state index is -0.500. The SMILES string of the molecule is c1ccc(-c2nc(-c3ccc(-c4ccc5ccccc5c4)cc3)cc(-c3cccc4c3Sc3cc5ccccc5cc3C43c4ccccc4-c4ccccc43)n2)cc1. The fraction of sp³-hybridized carbons (Fsp3) is 0.0182. The van der Waals surface area contributed by atoms with Gasteiger partial charge in [-0.25, -0.2) is 9.97 Å². The second-order valence-electron chi connectivity index (χ2n) is 15.3. The Morgan fingerprint density at radius 1 is 0.328 bits per heavy atom. The van der Waals surface area contributed by atoms with Crippen LogP contribution in [0.3, 0.4) is 0 Å². The summed E-state index contributed by atoms with van der Waals surface area (Å²) in [6, 6.07) is 75.0. The minimum Gasteiger partial charge on any atom is -0.228 e. The second kappa shape index (κ2) is 13.0. The monoisotopic (exact) mass is 754 g/mol. The van der Waals surface area contributed by atoms with Gasteiger partial charge in [-0.1, -0.05) is 194 Å². The molecule has 0 N–H and O–H groups in total. The largest absolute Gasteiger partial charge is 0.228 e. The van der Waals surface area contributed by atoms with E-state index in [2.05, 4.69) is 200 Å².